The van der Waals surface area contributed by atoms with Crippen molar-refractivity contribution in [2.75, 3.05) is 13.2 Å². The van der Waals surface area contributed by atoms with Crippen LogP contribution in [0.5, 0.6) is 0 Å². The van der Waals surface area contributed by atoms with E-state index in [2.05, 4.69) is 0 Å². The third-order valence-electron chi connectivity index (χ3n) is 0. The molecule has 0 amide bonds. The first kappa shape index (κ1) is 15.8. The summed E-state index contributed by atoms with van der Waals surface area (Å²) in [6.07, 6.45) is 0. The van der Waals surface area contributed by atoms with Crippen LogP contribution in [0.4, 0.5) is 0 Å². The Morgan fingerprint density at radius 1 is 1.00 bits per heavy atom. The molecule has 40 valence electrons. The van der Waals surface area contributed by atoms with Crippen molar-refractivity contribution in [2.45, 2.75) is 13.8 Å². The summed E-state index contributed by atoms with van der Waals surface area (Å²) in [7, 11) is 0. The summed E-state index contributed by atoms with van der Waals surface area (Å²) in [5, 5.41) is 17.9. The van der Waals surface area contributed by atoms with E-state index < -0.39 is 0 Å². The first-order chi connectivity index (χ1) is 2.83. The smallest absolute Gasteiger partial charge is 0.855 e. The Morgan fingerprint density at radius 2 is 1.00 bits per heavy atom. The maximum atomic E-state index is 8.93. The third kappa shape index (κ3) is 110. The average molecular weight is 178 g/mol. The molecule has 0 aliphatic heterocycles. The summed E-state index contributed by atoms with van der Waals surface area (Å²) < 4.78 is 0. The fraction of sp³-hybridized carbons (Fsp3) is 1.00. The van der Waals surface area contributed by atoms with E-state index in [9.17, 15) is 0 Å². The minimum absolute atomic E-state index is 0. The zero-order valence-electron chi connectivity index (χ0n) is 4.94. The van der Waals surface area contributed by atoms with Crippen molar-refractivity contribution < 1.29 is 10.2 Å². The standard InChI is InChI=1S/2C2H5O.Sr/c2*1-2-3;/h2*2H2,1H3;/q2*-1;+2. The van der Waals surface area contributed by atoms with Gasteiger partial charge in [-0.2, -0.15) is 0 Å². The molecule has 0 unspecified atom stereocenters. The van der Waals surface area contributed by atoms with Crippen LogP contribution in [-0.2, 0) is 0 Å². The van der Waals surface area contributed by atoms with Gasteiger partial charge in [0.05, 0.1) is 0 Å². The Hall–Kier alpha value is 1.40. The van der Waals surface area contributed by atoms with Gasteiger partial charge < -0.3 is 10.2 Å². The molecule has 0 saturated carbocycles. The Bertz CT molecular complexity index is 11.7. The second-order valence-electron chi connectivity index (χ2n) is 0.577. The molecule has 0 aromatic carbocycles. The molecule has 0 fully saturated rings. The average Bonchev–Trinajstić information content (AvgIpc) is 1.39. The summed E-state index contributed by atoms with van der Waals surface area (Å²) in [6.45, 7) is 3.14. The molecule has 0 aliphatic carbocycles. The first-order valence-corrected chi connectivity index (χ1v) is 1.99. The van der Waals surface area contributed by atoms with Gasteiger partial charge >= 0.3 is 45.5 Å². The molecular formula is C4H10O2Sr. The van der Waals surface area contributed by atoms with Gasteiger partial charge in [0.15, 0.2) is 0 Å². The molecule has 0 radical (unpaired) electrons. The molecular weight excluding hydrogens is 168 g/mol. The molecule has 0 spiro atoms. The minimum Gasteiger partial charge on any atom is -0.855 e. The predicted octanol–water partition coefficient (Wildman–Crippen LogP) is -1.65. The SMILES string of the molecule is CC[O-].CC[O-].[Sr+2]. The van der Waals surface area contributed by atoms with Crippen molar-refractivity contribution in [3.8, 4) is 0 Å². The second kappa shape index (κ2) is 26.2. The maximum Gasteiger partial charge on any atom is 2.00 e. The first-order valence-electron chi connectivity index (χ1n) is 1.99. The van der Waals surface area contributed by atoms with E-state index in [1.165, 1.54) is 0 Å². The molecule has 0 saturated heterocycles. The van der Waals surface area contributed by atoms with Gasteiger partial charge in [-0.05, 0) is 0 Å². The van der Waals surface area contributed by atoms with Crippen molar-refractivity contribution in [3.05, 3.63) is 0 Å². The molecule has 0 heterocycles. The molecule has 0 aromatic rings. The predicted molar refractivity (Wildman–Crippen MR) is 26.8 cm³/mol. The van der Waals surface area contributed by atoms with Crippen LogP contribution >= 0.6 is 0 Å². The Balaban J connectivity index is -0.0000000400. The van der Waals surface area contributed by atoms with Gasteiger partial charge in [-0.3, -0.25) is 0 Å². The van der Waals surface area contributed by atoms with Crippen LogP contribution in [0.25, 0.3) is 0 Å². The van der Waals surface area contributed by atoms with E-state index in [4.69, 9.17) is 10.2 Å². The topological polar surface area (TPSA) is 46.1 Å². The van der Waals surface area contributed by atoms with Gasteiger partial charge in [0, 0.05) is 0 Å². The molecule has 0 aromatic heterocycles. The van der Waals surface area contributed by atoms with Crippen LogP contribution in [0.1, 0.15) is 13.8 Å². The van der Waals surface area contributed by atoms with Crippen molar-refractivity contribution in [2.24, 2.45) is 0 Å². The van der Waals surface area contributed by atoms with Gasteiger partial charge in [-0.25, -0.2) is 0 Å². The number of hydrogen-bond acceptors (Lipinski definition) is 2. The zero-order valence-corrected chi connectivity index (χ0v) is 8.41. The van der Waals surface area contributed by atoms with Crippen molar-refractivity contribution in [1.82, 2.24) is 0 Å². The van der Waals surface area contributed by atoms with Crippen molar-refractivity contribution in [1.29, 1.82) is 0 Å². The molecule has 2 nitrogen and oxygen atoms in total. The quantitative estimate of drug-likeness (QED) is 0.417. The van der Waals surface area contributed by atoms with Gasteiger partial charge in [-0.1, -0.05) is 13.8 Å². The van der Waals surface area contributed by atoms with E-state index in [0.29, 0.717) is 0 Å². The third-order valence-corrected chi connectivity index (χ3v) is 0. The van der Waals surface area contributed by atoms with Gasteiger partial charge in [0.1, 0.15) is 0 Å². The van der Waals surface area contributed by atoms with Crippen LogP contribution in [0.2, 0.25) is 0 Å². The van der Waals surface area contributed by atoms with E-state index in [-0.39, 0.29) is 58.7 Å². The Morgan fingerprint density at radius 3 is 1.00 bits per heavy atom. The molecule has 0 rings (SSSR count). The minimum atomic E-state index is 0. The van der Waals surface area contributed by atoms with Gasteiger partial charge in [0.25, 0.3) is 0 Å². The maximum absolute atomic E-state index is 8.93. The number of rotatable bonds is 0. The summed E-state index contributed by atoms with van der Waals surface area (Å²) in [6, 6.07) is 0. The molecule has 7 heavy (non-hydrogen) atoms. The summed E-state index contributed by atoms with van der Waals surface area (Å²) in [5.41, 5.74) is 0. The van der Waals surface area contributed by atoms with Crippen LogP contribution in [0, 0.1) is 0 Å². The summed E-state index contributed by atoms with van der Waals surface area (Å²) in [5.74, 6) is 0. The monoisotopic (exact) mass is 178 g/mol. The molecule has 0 aliphatic rings. The fourth-order valence-corrected chi connectivity index (χ4v) is 0. The summed E-state index contributed by atoms with van der Waals surface area (Å²) >= 11 is 0. The van der Waals surface area contributed by atoms with Crippen molar-refractivity contribution in [3.63, 3.8) is 0 Å². The Kier molecular flexibility index (Phi) is 59.1. The van der Waals surface area contributed by atoms with Crippen molar-refractivity contribution >= 4 is 45.5 Å². The molecule has 0 N–H and O–H groups in total. The zero-order chi connectivity index (χ0) is 5.41. The normalized spacial score (nSPS) is 5.14. The summed E-state index contributed by atoms with van der Waals surface area (Å²) in [4.78, 5) is 0. The second-order valence-corrected chi connectivity index (χ2v) is 0.577. The van der Waals surface area contributed by atoms with E-state index in [0.717, 1.165) is 0 Å². The van der Waals surface area contributed by atoms with Crippen LogP contribution in [0.15, 0.2) is 0 Å². The molecule has 0 atom stereocenters. The molecule has 3 heteroatoms. The fourth-order valence-electron chi connectivity index (χ4n) is 0. The van der Waals surface area contributed by atoms with E-state index in [1.54, 1.807) is 13.8 Å². The Labute approximate surface area is 81.8 Å². The molecule has 0 bridgehead atoms. The van der Waals surface area contributed by atoms with E-state index >= 15 is 0 Å². The van der Waals surface area contributed by atoms with Crippen LogP contribution in [-0.4, -0.2) is 58.7 Å². The van der Waals surface area contributed by atoms with Crippen LogP contribution < -0.4 is 10.2 Å². The van der Waals surface area contributed by atoms with Crippen LogP contribution in [0.3, 0.4) is 0 Å². The van der Waals surface area contributed by atoms with Gasteiger partial charge in [-0.15, -0.1) is 13.2 Å². The van der Waals surface area contributed by atoms with Gasteiger partial charge in [0.2, 0.25) is 0 Å². The largest absolute Gasteiger partial charge is 2.00 e. The number of hydrogen-bond donors (Lipinski definition) is 0. The van der Waals surface area contributed by atoms with E-state index in [1.807, 2.05) is 0 Å².